The third kappa shape index (κ3) is 3.94. The molecule has 0 aromatic carbocycles. The molecule has 2 unspecified atom stereocenters. The lowest BCUT2D eigenvalue weighted by Crippen LogP contribution is -2.47. The first-order valence-corrected chi connectivity index (χ1v) is 8.14. The van der Waals surface area contributed by atoms with Gasteiger partial charge in [-0.05, 0) is 32.7 Å². The molecule has 0 spiro atoms. The zero-order valence-electron chi connectivity index (χ0n) is 11.2. The van der Waals surface area contributed by atoms with Crippen LogP contribution in [0.4, 0.5) is 0 Å². The van der Waals surface area contributed by atoms with Crippen LogP contribution in [0.5, 0.6) is 0 Å². The normalized spacial score (nSPS) is 22.7. The van der Waals surface area contributed by atoms with Crippen LogP contribution in [0.2, 0.25) is 0 Å². The molecule has 5 nitrogen and oxygen atoms in total. The van der Waals surface area contributed by atoms with Gasteiger partial charge in [0.05, 0.1) is 6.07 Å². The van der Waals surface area contributed by atoms with Crippen LogP contribution >= 0.6 is 0 Å². The van der Waals surface area contributed by atoms with E-state index in [-0.39, 0.29) is 6.04 Å². The largest absolute Gasteiger partial charge is 0.313 e. The summed E-state index contributed by atoms with van der Waals surface area (Å²) in [6.45, 7) is 5.34. The van der Waals surface area contributed by atoms with Crippen molar-refractivity contribution in [3.63, 3.8) is 0 Å². The highest BCUT2D eigenvalue weighted by Crippen LogP contribution is 2.14. The molecule has 1 fully saturated rings. The second kappa shape index (κ2) is 7.07. The van der Waals surface area contributed by atoms with Crippen LogP contribution in [0.15, 0.2) is 0 Å². The minimum Gasteiger partial charge on any atom is -0.313 e. The minimum absolute atomic E-state index is 0.228. The van der Waals surface area contributed by atoms with Crippen molar-refractivity contribution in [2.24, 2.45) is 0 Å². The van der Waals surface area contributed by atoms with Gasteiger partial charge in [0.25, 0.3) is 0 Å². The molecule has 1 rings (SSSR count). The van der Waals surface area contributed by atoms with E-state index in [1.807, 2.05) is 13.0 Å². The van der Waals surface area contributed by atoms with E-state index < -0.39 is 15.3 Å². The average molecular weight is 273 g/mol. The lowest BCUT2D eigenvalue weighted by molar-refractivity contribution is 0.311. The standard InChI is InChI=1S/C12H23N3O2S/c1-3-8-15(18(16,17)11(2)9-13)10-12-6-4-5-7-14-12/h11-12,14H,3-8,10H2,1-2H3. The molecule has 18 heavy (non-hydrogen) atoms. The number of piperidine rings is 1. The SMILES string of the molecule is CCCN(CC1CCCCN1)S(=O)(=O)C(C)C#N. The van der Waals surface area contributed by atoms with Gasteiger partial charge in [-0.1, -0.05) is 13.3 Å². The van der Waals surface area contributed by atoms with Crippen LogP contribution < -0.4 is 5.32 Å². The van der Waals surface area contributed by atoms with Crippen molar-refractivity contribution >= 4 is 10.0 Å². The predicted octanol–water partition coefficient (Wildman–Crippen LogP) is 1.08. The maximum atomic E-state index is 12.2. The Morgan fingerprint density at radius 3 is 2.72 bits per heavy atom. The number of rotatable bonds is 6. The Morgan fingerprint density at radius 2 is 2.22 bits per heavy atom. The van der Waals surface area contributed by atoms with Crippen molar-refractivity contribution in [2.75, 3.05) is 19.6 Å². The van der Waals surface area contributed by atoms with Crippen molar-refractivity contribution in [1.29, 1.82) is 5.26 Å². The Hall–Kier alpha value is -0.640. The van der Waals surface area contributed by atoms with E-state index in [2.05, 4.69) is 5.32 Å². The molecule has 1 aliphatic heterocycles. The Labute approximate surface area is 110 Å². The van der Waals surface area contributed by atoms with Gasteiger partial charge in [-0.3, -0.25) is 0 Å². The van der Waals surface area contributed by atoms with Crippen molar-refractivity contribution < 1.29 is 8.42 Å². The highest BCUT2D eigenvalue weighted by molar-refractivity contribution is 7.89. The molecule has 0 aromatic rings. The molecule has 1 aliphatic rings. The molecule has 0 radical (unpaired) electrons. The van der Waals surface area contributed by atoms with Gasteiger partial charge >= 0.3 is 0 Å². The number of nitrogens with one attached hydrogen (secondary N) is 1. The molecule has 0 aliphatic carbocycles. The van der Waals surface area contributed by atoms with Crippen molar-refractivity contribution in [1.82, 2.24) is 9.62 Å². The van der Waals surface area contributed by atoms with Crippen molar-refractivity contribution in [3.8, 4) is 6.07 Å². The quantitative estimate of drug-likeness (QED) is 0.786. The summed E-state index contributed by atoms with van der Waals surface area (Å²) >= 11 is 0. The third-order valence-electron chi connectivity index (χ3n) is 3.30. The fourth-order valence-electron chi connectivity index (χ4n) is 2.19. The van der Waals surface area contributed by atoms with Gasteiger partial charge in [0.1, 0.15) is 0 Å². The summed E-state index contributed by atoms with van der Waals surface area (Å²) in [5, 5.41) is 11.2. The maximum absolute atomic E-state index is 12.2. The highest BCUT2D eigenvalue weighted by Gasteiger charge is 2.30. The van der Waals surface area contributed by atoms with E-state index in [9.17, 15) is 8.42 Å². The molecule has 104 valence electrons. The van der Waals surface area contributed by atoms with Gasteiger partial charge in [-0.2, -0.15) is 9.57 Å². The summed E-state index contributed by atoms with van der Waals surface area (Å²) < 4.78 is 25.9. The summed E-state index contributed by atoms with van der Waals surface area (Å²) in [6.07, 6.45) is 4.08. The second-order valence-corrected chi connectivity index (χ2v) is 7.07. The Bertz CT molecular complexity index is 383. The van der Waals surface area contributed by atoms with Crippen LogP contribution in [-0.2, 0) is 10.0 Å². The fourth-order valence-corrected chi connectivity index (χ4v) is 3.59. The smallest absolute Gasteiger partial charge is 0.230 e. The topological polar surface area (TPSA) is 73.2 Å². The molecule has 0 aromatic heterocycles. The summed E-state index contributed by atoms with van der Waals surface area (Å²) in [6, 6.07) is 2.06. The second-order valence-electron chi connectivity index (χ2n) is 4.82. The first-order chi connectivity index (χ1) is 8.52. The van der Waals surface area contributed by atoms with Crippen LogP contribution in [0.25, 0.3) is 0 Å². The lowest BCUT2D eigenvalue weighted by atomic mass is 10.1. The Kier molecular flexibility index (Phi) is 6.06. The average Bonchev–Trinajstić information content (AvgIpc) is 2.38. The molecule has 2 atom stereocenters. The van der Waals surface area contributed by atoms with Crippen molar-refractivity contribution in [3.05, 3.63) is 0 Å². The van der Waals surface area contributed by atoms with Crippen LogP contribution in [-0.4, -0.2) is 43.6 Å². The van der Waals surface area contributed by atoms with Crippen LogP contribution in [0.1, 0.15) is 39.5 Å². The molecule has 0 saturated carbocycles. The zero-order valence-corrected chi connectivity index (χ0v) is 12.0. The number of hydrogen-bond donors (Lipinski definition) is 1. The first kappa shape index (κ1) is 15.4. The predicted molar refractivity (Wildman–Crippen MR) is 71.5 cm³/mol. The van der Waals surface area contributed by atoms with Crippen LogP contribution in [0, 0.1) is 11.3 Å². The number of nitrogens with zero attached hydrogens (tertiary/aromatic N) is 2. The minimum atomic E-state index is -3.48. The van der Waals surface area contributed by atoms with Gasteiger partial charge in [0, 0.05) is 19.1 Å². The van der Waals surface area contributed by atoms with E-state index in [1.165, 1.54) is 11.2 Å². The van der Waals surface area contributed by atoms with E-state index in [1.54, 1.807) is 0 Å². The van der Waals surface area contributed by atoms with E-state index in [4.69, 9.17) is 5.26 Å². The van der Waals surface area contributed by atoms with E-state index >= 15 is 0 Å². The zero-order chi connectivity index (χ0) is 13.6. The Balaban J connectivity index is 2.72. The third-order valence-corrected chi connectivity index (χ3v) is 5.35. The lowest BCUT2D eigenvalue weighted by Gasteiger charge is -2.30. The highest BCUT2D eigenvalue weighted by atomic mass is 32.2. The van der Waals surface area contributed by atoms with Gasteiger partial charge in [-0.25, -0.2) is 8.42 Å². The molecule has 0 bridgehead atoms. The van der Waals surface area contributed by atoms with E-state index in [0.717, 1.165) is 32.2 Å². The molecule has 1 saturated heterocycles. The molecule has 0 amide bonds. The van der Waals surface area contributed by atoms with Gasteiger partial charge in [-0.15, -0.1) is 0 Å². The van der Waals surface area contributed by atoms with Gasteiger partial charge in [0.15, 0.2) is 5.25 Å². The van der Waals surface area contributed by atoms with Gasteiger partial charge in [0.2, 0.25) is 10.0 Å². The molecule has 1 heterocycles. The summed E-state index contributed by atoms with van der Waals surface area (Å²) in [4.78, 5) is 0. The number of nitriles is 1. The summed E-state index contributed by atoms with van der Waals surface area (Å²) in [5.74, 6) is 0. The Morgan fingerprint density at radius 1 is 1.50 bits per heavy atom. The molecular formula is C12H23N3O2S. The number of hydrogen-bond acceptors (Lipinski definition) is 4. The maximum Gasteiger partial charge on any atom is 0.230 e. The first-order valence-electron chi connectivity index (χ1n) is 6.64. The number of sulfonamides is 1. The van der Waals surface area contributed by atoms with E-state index in [0.29, 0.717) is 13.1 Å². The monoisotopic (exact) mass is 273 g/mol. The fraction of sp³-hybridized carbons (Fsp3) is 0.917. The van der Waals surface area contributed by atoms with Gasteiger partial charge < -0.3 is 5.32 Å². The molecule has 6 heteroatoms. The van der Waals surface area contributed by atoms with Crippen molar-refractivity contribution in [2.45, 2.75) is 50.8 Å². The molecule has 1 N–H and O–H groups in total. The summed E-state index contributed by atoms with van der Waals surface area (Å²) in [7, 11) is -3.48. The molecular weight excluding hydrogens is 250 g/mol. The van der Waals surface area contributed by atoms with Crippen LogP contribution in [0.3, 0.4) is 0 Å². The summed E-state index contributed by atoms with van der Waals surface area (Å²) in [5.41, 5.74) is 0.